The van der Waals surface area contributed by atoms with E-state index >= 15 is 0 Å². The number of esters is 1. The van der Waals surface area contributed by atoms with Crippen molar-refractivity contribution in [2.75, 3.05) is 7.11 Å². The Bertz CT molecular complexity index is 725. The highest BCUT2D eigenvalue weighted by Crippen LogP contribution is 2.12. The van der Waals surface area contributed by atoms with Gasteiger partial charge in [0.2, 0.25) is 0 Å². The van der Waals surface area contributed by atoms with Gasteiger partial charge in [0.25, 0.3) is 0 Å². The van der Waals surface area contributed by atoms with Crippen LogP contribution in [0.25, 0.3) is 6.08 Å². The van der Waals surface area contributed by atoms with Crippen LogP contribution in [0.15, 0.2) is 48.5 Å². The molecule has 0 unspecified atom stereocenters. The van der Waals surface area contributed by atoms with Crippen LogP contribution < -0.4 is 0 Å². The van der Waals surface area contributed by atoms with Gasteiger partial charge in [-0.15, -0.1) is 0 Å². The van der Waals surface area contributed by atoms with Crippen molar-refractivity contribution in [2.45, 2.75) is 13.8 Å². The fourth-order valence-corrected chi connectivity index (χ4v) is 2.01. The second-order valence-electron chi connectivity index (χ2n) is 5.11. The van der Waals surface area contributed by atoms with Crippen molar-refractivity contribution in [1.29, 1.82) is 0 Å². The molecule has 0 aromatic heterocycles. The normalized spacial score (nSPS) is 10.7. The average molecular weight is 294 g/mol. The molecule has 0 aliphatic carbocycles. The van der Waals surface area contributed by atoms with Gasteiger partial charge >= 0.3 is 5.97 Å². The summed E-state index contributed by atoms with van der Waals surface area (Å²) >= 11 is 0. The van der Waals surface area contributed by atoms with Crippen LogP contribution in [0.4, 0.5) is 0 Å². The molecule has 2 rings (SSSR count). The standard InChI is InChI=1S/C19H18O3/c1-13-4-8-17(12-14(13)2)18(20)11-7-15-5-9-16(10-6-15)19(21)22-3/h4-12H,1-3H3. The van der Waals surface area contributed by atoms with Crippen LogP contribution in [0.3, 0.4) is 0 Å². The number of hydrogen-bond acceptors (Lipinski definition) is 3. The van der Waals surface area contributed by atoms with Gasteiger partial charge in [0, 0.05) is 5.56 Å². The lowest BCUT2D eigenvalue weighted by Gasteiger charge is -2.02. The third-order valence-corrected chi connectivity index (χ3v) is 3.55. The molecule has 0 atom stereocenters. The Morgan fingerprint density at radius 2 is 1.55 bits per heavy atom. The summed E-state index contributed by atoms with van der Waals surface area (Å²) in [5.74, 6) is -0.415. The first-order chi connectivity index (χ1) is 10.5. The van der Waals surface area contributed by atoms with Crippen LogP contribution in [0.2, 0.25) is 0 Å². The summed E-state index contributed by atoms with van der Waals surface area (Å²) in [4.78, 5) is 23.5. The minimum Gasteiger partial charge on any atom is -0.465 e. The van der Waals surface area contributed by atoms with E-state index < -0.39 is 0 Å². The molecule has 2 aromatic carbocycles. The largest absolute Gasteiger partial charge is 0.465 e. The number of methoxy groups -OCH3 is 1. The number of allylic oxidation sites excluding steroid dienone is 1. The molecule has 0 aliphatic heterocycles. The quantitative estimate of drug-likeness (QED) is 0.486. The van der Waals surface area contributed by atoms with Gasteiger partial charge in [0.05, 0.1) is 12.7 Å². The molecule has 0 spiro atoms. The van der Waals surface area contributed by atoms with Crippen molar-refractivity contribution < 1.29 is 14.3 Å². The number of ether oxygens (including phenoxy) is 1. The fourth-order valence-electron chi connectivity index (χ4n) is 2.01. The minimum absolute atomic E-state index is 0.0415. The molecule has 3 nitrogen and oxygen atoms in total. The van der Waals surface area contributed by atoms with Gasteiger partial charge in [0.1, 0.15) is 0 Å². The van der Waals surface area contributed by atoms with Crippen molar-refractivity contribution in [3.05, 3.63) is 76.4 Å². The summed E-state index contributed by atoms with van der Waals surface area (Å²) in [6.07, 6.45) is 3.27. The summed E-state index contributed by atoms with van der Waals surface area (Å²) < 4.78 is 4.64. The Labute approximate surface area is 130 Å². The number of rotatable bonds is 4. The molecule has 0 amide bonds. The second-order valence-corrected chi connectivity index (χ2v) is 5.11. The minimum atomic E-state index is -0.373. The Balaban J connectivity index is 2.12. The molecular weight excluding hydrogens is 276 g/mol. The fraction of sp³-hybridized carbons (Fsp3) is 0.158. The SMILES string of the molecule is COC(=O)c1ccc(C=CC(=O)c2ccc(C)c(C)c2)cc1. The van der Waals surface area contributed by atoms with Gasteiger partial charge in [-0.2, -0.15) is 0 Å². The third kappa shape index (κ3) is 3.70. The van der Waals surface area contributed by atoms with Gasteiger partial charge in [-0.1, -0.05) is 30.3 Å². The monoisotopic (exact) mass is 294 g/mol. The van der Waals surface area contributed by atoms with Crippen LogP contribution in [-0.2, 0) is 4.74 Å². The smallest absolute Gasteiger partial charge is 0.337 e. The van der Waals surface area contributed by atoms with Crippen LogP contribution >= 0.6 is 0 Å². The summed E-state index contributed by atoms with van der Waals surface area (Å²) in [6, 6.07) is 12.6. The summed E-state index contributed by atoms with van der Waals surface area (Å²) in [7, 11) is 1.35. The van der Waals surface area contributed by atoms with Crippen LogP contribution in [0.1, 0.15) is 37.4 Å². The molecule has 22 heavy (non-hydrogen) atoms. The lowest BCUT2D eigenvalue weighted by atomic mass is 10.0. The average Bonchev–Trinajstić information content (AvgIpc) is 2.54. The highest BCUT2D eigenvalue weighted by atomic mass is 16.5. The summed E-state index contributed by atoms with van der Waals surface area (Å²) in [5.41, 5.74) is 4.27. The number of benzene rings is 2. The zero-order valence-corrected chi connectivity index (χ0v) is 12.9. The van der Waals surface area contributed by atoms with Gasteiger partial charge < -0.3 is 4.74 Å². The Kier molecular flexibility index (Phi) is 4.89. The van der Waals surface area contributed by atoms with E-state index in [1.165, 1.54) is 18.7 Å². The van der Waals surface area contributed by atoms with E-state index in [1.807, 2.05) is 32.0 Å². The lowest BCUT2D eigenvalue weighted by molar-refractivity contribution is 0.0600. The Morgan fingerprint density at radius 3 is 2.14 bits per heavy atom. The van der Waals surface area contributed by atoms with Crippen molar-refractivity contribution >= 4 is 17.8 Å². The van der Waals surface area contributed by atoms with E-state index in [2.05, 4.69) is 4.74 Å². The van der Waals surface area contributed by atoms with Crippen molar-refractivity contribution in [3.63, 3.8) is 0 Å². The number of hydrogen-bond donors (Lipinski definition) is 0. The molecule has 0 bridgehead atoms. The highest BCUT2D eigenvalue weighted by molar-refractivity contribution is 6.07. The zero-order valence-electron chi connectivity index (χ0n) is 12.9. The molecule has 0 saturated carbocycles. The molecule has 0 heterocycles. The molecule has 0 radical (unpaired) electrons. The van der Waals surface area contributed by atoms with Crippen LogP contribution in [0.5, 0.6) is 0 Å². The third-order valence-electron chi connectivity index (χ3n) is 3.55. The van der Waals surface area contributed by atoms with E-state index in [9.17, 15) is 9.59 Å². The topological polar surface area (TPSA) is 43.4 Å². The van der Waals surface area contributed by atoms with Crippen molar-refractivity contribution in [2.24, 2.45) is 0 Å². The Hall–Kier alpha value is -2.68. The number of aryl methyl sites for hydroxylation is 2. The first kappa shape index (κ1) is 15.7. The molecule has 2 aromatic rings. The summed E-state index contributed by atoms with van der Waals surface area (Å²) in [5, 5.41) is 0. The maximum atomic E-state index is 12.1. The lowest BCUT2D eigenvalue weighted by Crippen LogP contribution is -2.00. The van der Waals surface area contributed by atoms with Crippen LogP contribution in [0, 0.1) is 13.8 Å². The second kappa shape index (κ2) is 6.85. The van der Waals surface area contributed by atoms with Gasteiger partial charge in [-0.05, 0) is 54.8 Å². The maximum absolute atomic E-state index is 12.1. The molecule has 0 saturated heterocycles. The van der Waals surface area contributed by atoms with Crippen molar-refractivity contribution in [3.8, 4) is 0 Å². The molecule has 112 valence electrons. The predicted molar refractivity (Wildman–Crippen MR) is 87.1 cm³/mol. The molecule has 3 heteroatoms. The van der Waals surface area contributed by atoms with Gasteiger partial charge in [-0.25, -0.2) is 4.79 Å². The summed E-state index contributed by atoms with van der Waals surface area (Å²) in [6.45, 7) is 4.00. The number of carbonyl (C=O) groups is 2. The van der Waals surface area contributed by atoms with E-state index in [1.54, 1.807) is 30.3 Å². The Morgan fingerprint density at radius 1 is 0.909 bits per heavy atom. The molecule has 0 aliphatic rings. The highest BCUT2D eigenvalue weighted by Gasteiger charge is 2.05. The van der Waals surface area contributed by atoms with Gasteiger partial charge in [-0.3, -0.25) is 4.79 Å². The van der Waals surface area contributed by atoms with Crippen molar-refractivity contribution in [1.82, 2.24) is 0 Å². The maximum Gasteiger partial charge on any atom is 0.337 e. The van der Waals surface area contributed by atoms with E-state index in [-0.39, 0.29) is 11.8 Å². The number of ketones is 1. The van der Waals surface area contributed by atoms with Gasteiger partial charge in [0.15, 0.2) is 5.78 Å². The predicted octanol–water partition coefficient (Wildman–Crippen LogP) is 3.99. The number of carbonyl (C=O) groups excluding carboxylic acids is 2. The first-order valence-electron chi connectivity index (χ1n) is 6.99. The zero-order chi connectivity index (χ0) is 16.1. The first-order valence-corrected chi connectivity index (χ1v) is 6.99. The molecule has 0 fully saturated rings. The van der Waals surface area contributed by atoms with E-state index in [4.69, 9.17) is 0 Å². The van der Waals surface area contributed by atoms with E-state index in [0.29, 0.717) is 11.1 Å². The molecular formula is C19H18O3. The van der Waals surface area contributed by atoms with Crippen LogP contribution in [-0.4, -0.2) is 18.9 Å². The molecule has 0 N–H and O–H groups in total. The van der Waals surface area contributed by atoms with E-state index in [0.717, 1.165) is 11.1 Å².